The minimum Gasteiger partial charge on any atom is -0.497 e. The number of carbonyl (C=O) groups excluding carboxylic acids is 1. The van der Waals surface area contributed by atoms with Gasteiger partial charge in [0, 0.05) is 12.0 Å². The number of aliphatic hydroxyl groups excluding tert-OH is 1. The van der Waals surface area contributed by atoms with Crippen LogP contribution in [-0.2, 0) is 14.3 Å². The number of nitriles is 1. The summed E-state index contributed by atoms with van der Waals surface area (Å²) in [6.45, 7) is 6.77. The summed E-state index contributed by atoms with van der Waals surface area (Å²) in [5.74, 6) is 1.20. The van der Waals surface area contributed by atoms with Gasteiger partial charge in [0.2, 0.25) is 0 Å². The van der Waals surface area contributed by atoms with Gasteiger partial charge in [-0.15, -0.1) is 0 Å². The van der Waals surface area contributed by atoms with Crippen LogP contribution in [0.15, 0.2) is 30.2 Å². The summed E-state index contributed by atoms with van der Waals surface area (Å²) in [6.07, 6.45) is 2.60. The van der Waals surface area contributed by atoms with Crippen LogP contribution < -0.4 is 10.1 Å². The molecule has 0 aliphatic carbocycles. The summed E-state index contributed by atoms with van der Waals surface area (Å²) in [6, 6.07) is 6.84. The third-order valence-corrected chi connectivity index (χ3v) is 4.43. The number of carbonyl (C=O) groups is 1. The molecule has 7 nitrogen and oxygen atoms in total. The molecular formula is C21H28N2O5. The molecule has 28 heavy (non-hydrogen) atoms. The van der Waals surface area contributed by atoms with Crippen LogP contribution in [0.5, 0.6) is 5.75 Å². The van der Waals surface area contributed by atoms with Crippen molar-refractivity contribution >= 4 is 6.29 Å². The summed E-state index contributed by atoms with van der Waals surface area (Å²) < 4.78 is 17.0. The maximum absolute atomic E-state index is 10.8. The van der Waals surface area contributed by atoms with E-state index in [0.29, 0.717) is 36.6 Å². The molecule has 1 heterocycles. The predicted octanol–water partition coefficient (Wildman–Crippen LogP) is 2.59. The molecule has 2 N–H and O–H groups in total. The first-order chi connectivity index (χ1) is 13.4. The molecule has 0 amide bonds. The van der Waals surface area contributed by atoms with Crippen LogP contribution in [0.25, 0.3) is 0 Å². The van der Waals surface area contributed by atoms with Crippen molar-refractivity contribution in [3.63, 3.8) is 0 Å². The Morgan fingerprint density at radius 3 is 2.89 bits per heavy atom. The lowest BCUT2D eigenvalue weighted by Gasteiger charge is -2.42. The van der Waals surface area contributed by atoms with Gasteiger partial charge in [-0.25, -0.2) is 0 Å². The van der Waals surface area contributed by atoms with Crippen molar-refractivity contribution in [3.8, 4) is 11.8 Å². The highest BCUT2D eigenvalue weighted by Crippen LogP contribution is 2.40. The minimum absolute atomic E-state index is 0.282. The first kappa shape index (κ1) is 21.7. The van der Waals surface area contributed by atoms with E-state index in [9.17, 15) is 15.2 Å². The van der Waals surface area contributed by atoms with Crippen molar-refractivity contribution in [3.05, 3.63) is 41.3 Å². The molecule has 1 aromatic carbocycles. The Balaban J connectivity index is 2.19. The number of hydrogen-bond acceptors (Lipinski definition) is 7. The van der Waals surface area contributed by atoms with Crippen molar-refractivity contribution in [1.29, 1.82) is 5.26 Å². The van der Waals surface area contributed by atoms with Crippen LogP contribution in [0.2, 0.25) is 0 Å². The van der Waals surface area contributed by atoms with Crippen LogP contribution in [0.4, 0.5) is 0 Å². The molecule has 0 saturated heterocycles. The second kappa shape index (κ2) is 10.1. The first-order valence-corrected chi connectivity index (χ1v) is 9.44. The second-order valence-electron chi connectivity index (χ2n) is 7.13. The van der Waals surface area contributed by atoms with Gasteiger partial charge in [-0.3, -0.25) is 0 Å². The molecule has 2 unspecified atom stereocenters. The highest BCUT2D eigenvalue weighted by Gasteiger charge is 2.42. The van der Waals surface area contributed by atoms with E-state index in [4.69, 9.17) is 14.2 Å². The Morgan fingerprint density at radius 2 is 2.21 bits per heavy atom. The highest BCUT2D eigenvalue weighted by molar-refractivity contribution is 5.49. The van der Waals surface area contributed by atoms with Gasteiger partial charge in [-0.2, -0.15) is 5.26 Å². The minimum atomic E-state index is -0.836. The zero-order valence-corrected chi connectivity index (χ0v) is 16.6. The lowest BCUT2D eigenvalue weighted by Crippen LogP contribution is -2.52. The van der Waals surface area contributed by atoms with Crippen molar-refractivity contribution in [2.24, 2.45) is 0 Å². The van der Waals surface area contributed by atoms with Gasteiger partial charge in [0.1, 0.15) is 35.8 Å². The molecule has 152 valence electrons. The zero-order valence-electron chi connectivity index (χ0n) is 16.6. The third-order valence-electron chi connectivity index (χ3n) is 4.43. The monoisotopic (exact) mass is 388 g/mol. The topological polar surface area (TPSA) is 101 Å². The van der Waals surface area contributed by atoms with E-state index in [1.165, 1.54) is 6.26 Å². The fraction of sp³-hybridized carbons (Fsp3) is 0.524. The van der Waals surface area contributed by atoms with Gasteiger partial charge in [0.15, 0.2) is 0 Å². The van der Waals surface area contributed by atoms with Gasteiger partial charge >= 0.3 is 0 Å². The molecule has 0 bridgehead atoms. The number of aldehydes is 1. The summed E-state index contributed by atoms with van der Waals surface area (Å²) in [5, 5.41) is 23.3. The lowest BCUT2D eigenvalue weighted by molar-refractivity contribution is -0.108. The van der Waals surface area contributed by atoms with E-state index in [0.717, 1.165) is 18.3 Å². The number of nitrogens with one attached hydrogen (secondary N) is 1. The SMILES string of the molecule is CCCO/C(=C\OCCC=O)CNC1c2cc(C#N)ccc2OC(C)(C)C1O. The fourth-order valence-electron chi connectivity index (χ4n) is 2.93. The maximum Gasteiger partial charge on any atom is 0.144 e. The van der Waals surface area contributed by atoms with Gasteiger partial charge < -0.3 is 29.4 Å². The lowest BCUT2D eigenvalue weighted by atomic mass is 9.86. The first-order valence-electron chi connectivity index (χ1n) is 9.44. The standard InChI is InChI=1S/C21H28N2O5/c1-4-9-27-16(14-26-10-5-8-24)13-23-19-17-11-15(12-22)6-7-18(17)28-21(2,3)20(19)25/h6-8,11,14,19-20,23,25H,4-5,9-10,13H2,1-3H3/b16-14-. The average molecular weight is 388 g/mol. The largest absolute Gasteiger partial charge is 0.497 e. The molecular weight excluding hydrogens is 360 g/mol. The van der Waals surface area contributed by atoms with E-state index in [2.05, 4.69) is 11.4 Å². The number of aliphatic hydroxyl groups is 1. The molecule has 0 aromatic heterocycles. The fourth-order valence-corrected chi connectivity index (χ4v) is 2.93. The molecule has 0 saturated carbocycles. The summed E-state index contributed by atoms with van der Waals surface area (Å²) in [4.78, 5) is 10.4. The van der Waals surface area contributed by atoms with E-state index in [-0.39, 0.29) is 6.61 Å². The number of nitrogens with zero attached hydrogens (tertiary/aromatic N) is 1. The normalized spacial score (nSPS) is 20.5. The Bertz CT molecular complexity index is 739. The Labute approximate surface area is 165 Å². The van der Waals surface area contributed by atoms with Crippen LogP contribution in [0.3, 0.4) is 0 Å². The molecule has 0 radical (unpaired) electrons. The number of hydrogen-bond donors (Lipinski definition) is 2. The molecule has 0 spiro atoms. The Morgan fingerprint density at radius 1 is 1.43 bits per heavy atom. The van der Waals surface area contributed by atoms with Gasteiger partial charge in [-0.05, 0) is 38.5 Å². The van der Waals surface area contributed by atoms with Gasteiger partial charge in [-0.1, -0.05) is 6.92 Å². The summed E-state index contributed by atoms with van der Waals surface area (Å²) in [7, 11) is 0. The summed E-state index contributed by atoms with van der Waals surface area (Å²) >= 11 is 0. The van der Waals surface area contributed by atoms with Crippen molar-refractivity contribution in [2.75, 3.05) is 19.8 Å². The number of benzene rings is 1. The average Bonchev–Trinajstić information content (AvgIpc) is 2.68. The molecule has 1 aromatic rings. The van der Waals surface area contributed by atoms with E-state index < -0.39 is 17.7 Å². The van der Waals surface area contributed by atoms with Gasteiger partial charge in [0.25, 0.3) is 0 Å². The third kappa shape index (κ3) is 5.47. The predicted molar refractivity (Wildman–Crippen MR) is 104 cm³/mol. The molecule has 2 rings (SSSR count). The van der Waals surface area contributed by atoms with Crippen molar-refractivity contribution in [2.45, 2.75) is 51.4 Å². The molecule has 1 aliphatic heterocycles. The smallest absolute Gasteiger partial charge is 0.144 e. The summed E-state index contributed by atoms with van der Waals surface area (Å²) in [5.41, 5.74) is 0.423. The van der Waals surface area contributed by atoms with Crippen molar-refractivity contribution in [1.82, 2.24) is 5.32 Å². The van der Waals surface area contributed by atoms with Crippen LogP contribution in [-0.4, -0.2) is 42.9 Å². The highest BCUT2D eigenvalue weighted by atomic mass is 16.5. The molecule has 0 fully saturated rings. The maximum atomic E-state index is 10.8. The van der Waals surface area contributed by atoms with Crippen LogP contribution in [0.1, 0.15) is 50.8 Å². The Hall–Kier alpha value is -2.56. The number of rotatable bonds is 10. The number of ether oxygens (including phenoxy) is 3. The second-order valence-corrected chi connectivity index (χ2v) is 7.13. The van der Waals surface area contributed by atoms with Crippen molar-refractivity contribution < 1.29 is 24.1 Å². The molecule has 2 atom stereocenters. The number of fused-ring (bicyclic) bond motifs is 1. The van der Waals surface area contributed by atoms with Crippen LogP contribution >= 0.6 is 0 Å². The van der Waals surface area contributed by atoms with Gasteiger partial charge in [0.05, 0.1) is 37.4 Å². The van der Waals surface area contributed by atoms with E-state index in [1.807, 2.05) is 20.8 Å². The van der Waals surface area contributed by atoms with E-state index >= 15 is 0 Å². The van der Waals surface area contributed by atoms with Crippen LogP contribution in [0, 0.1) is 11.3 Å². The molecule has 7 heteroatoms. The quantitative estimate of drug-likeness (QED) is 0.361. The zero-order chi connectivity index (χ0) is 20.6. The van der Waals surface area contributed by atoms with E-state index in [1.54, 1.807) is 18.2 Å². The molecule has 1 aliphatic rings. The Kier molecular flexibility index (Phi) is 7.85.